The SMILES string of the molecule is O=C(CN1CCc2[nH]c3ccccc3c(=O)c2C1)NCc1ccc2c(c1)OCO2. The van der Waals surface area contributed by atoms with E-state index in [1.54, 1.807) is 0 Å². The van der Waals surface area contributed by atoms with Gasteiger partial charge in [-0.3, -0.25) is 14.5 Å². The van der Waals surface area contributed by atoms with Gasteiger partial charge in [-0.15, -0.1) is 0 Å². The van der Waals surface area contributed by atoms with Crippen LogP contribution in [-0.4, -0.2) is 35.7 Å². The van der Waals surface area contributed by atoms with Crippen LogP contribution in [-0.2, 0) is 24.3 Å². The Morgan fingerprint density at radius 3 is 2.93 bits per heavy atom. The van der Waals surface area contributed by atoms with Gasteiger partial charge in [0.05, 0.1) is 6.54 Å². The predicted molar refractivity (Wildman–Crippen MR) is 108 cm³/mol. The number of nitrogens with one attached hydrogen (secondary N) is 2. The van der Waals surface area contributed by atoms with Gasteiger partial charge in [0.2, 0.25) is 12.7 Å². The molecule has 2 aromatic carbocycles. The third kappa shape index (κ3) is 3.45. The van der Waals surface area contributed by atoms with Crippen LogP contribution in [0.2, 0.25) is 0 Å². The monoisotopic (exact) mass is 391 g/mol. The molecule has 0 fully saturated rings. The lowest BCUT2D eigenvalue weighted by atomic mass is 10.0. The number of nitrogens with zero attached hydrogens (tertiary/aromatic N) is 1. The molecule has 2 N–H and O–H groups in total. The fourth-order valence-electron chi connectivity index (χ4n) is 3.93. The van der Waals surface area contributed by atoms with Crippen LogP contribution < -0.4 is 20.2 Å². The molecule has 1 aromatic heterocycles. The first kappa shape index (κ1) is 17.8. The molecule has 5 rings (SSSR count). The number of benzene rings is 2. The van der Waals surface area contributed by atoms with Crippen LogP contribution in [0.1, 0.15) is 16.8 Å². The van der Waals surface area contributed by atoms with Crippen LogP contribution >= 0.6 is 0 Å². The van der Waals surface area contributed by atoms with Crippen LogP contribution in [0, 0.1) is 0 Å². The number of hydrogen-bond acceptors (Lipinski definition) is 5. The van der Waals surface area contributed by atoms with Crippen LogP contribution in [0.25, 0.3) is 10.9 Å². The number of fused-ring (bicyclic) bond motifs is 3. The van der Waals surface area contributed by atoms with E-state index < -0.39 is 0 Å². The van der Waals surface area contributed by atoms with Gasteiger partial charge in [-0.05, 0) is 29.8 Å². The van der Waals surface area contributed by atoms with Crippen molar-refractivity contribution < 1.29 is 14.3 Å². The number of amides is 1. The van der Waals surface area contributed by atoms with E-state index in [1.807, 2.05) is 47.4 Å². The smallest absolute Gasteiger partial charge is 0.234 e. The maximum absolute atomic E-state index is 12.8. The summed E-state index contributed by atoms with van der Waals surface area (Å²) >= 11 is 0. The van der Waals surface area contributed by atoms with Gasteiger partial charge in [0.1, 0.15) is 0 Å². The summed E-state index contributed by atoms with van der Waals surface area (Å²) in [5.41, 5.74) is 3.62. The number of pyridine rings is 1. The minimum Gasteiger partial charge on any atom is -0.454 e. The maximum Gasteiger partial charge on any atom is 0.234 e. The summed E-state index contributed by atoms with van der Waals surface area (Å²) in [7, 11) is 0. The third-order valence-electron chi connectivity index (χ3n) is 5.45. The lowest BCUT2D eigenvalue weighted by Gasteiger charge is -2.27. The second-order valence-corrected chi connectivity index (χ2v) is 7.38. The third-order valence-corrected chi connectivity index (χ3v) is 5.45. The topological polar surface area (TPSA) is 83.7 Å². The number of carbonyl (C=O) groups is 1. The lowest BCUT2D eigenvalue weighted by molar-refractivity contribution is -0.122. The van der Waals surface area contributed by atoms with Crippen LogP contribution in [0.4, 0.5) is 0 Å². The second-order valence-electron chi connectivity index (χ2n) is 7.38. The second kappa shape index (κ2) is 7.25. The molecule has 0 atom stereocenters. The van der Waals surface area contributed by atoms with E-state index in [2.05, 4.69) is 10.3 Å². The molecule has 0 saturated carbocycles. The fraction of sp³-hybridized carbons (Fsp3) is 0.273. The van der Waals surface area contributed by atoms with Gasteiger partial charge < -0.3 is 19.8 Å². The average molecular weight is 391 g/mol. The molecular formula is C22H21N3O4. The minimum absolute atomic E-state index is 0.0554. The molecule has 29 heavy (non-hydrogen) atoms. The highest BCUT2D eigenvalue weighted by Gasteiger charge is 2.22. The van der Waals surface area contributed by atoms with Crippen molar-refractivity contribution >= 4 is 16.8 Å². The van der Waals surface area contributed by atoms with Gasteiger partial charge in [-0.25, -0.2) is 0 Å². The van der Waals surface area contributed by atoms with Crippen molar-refractivity contribution in [1.82, 2.24) is 15.2 Å². The standard InChI is InChI=1S/C22H21N3O4/c26-21(23-10-14-5-6-19-20(9-14)29-13-28-19)12-25-8-7-18-16(11-25)22(27)15-3-1-2-4-17(15)24-18/h1-6,9H,7-8,10-13H2,(H,23,26)(H,24,27). The van der Waals surface area contributed by atoms with E-state index in [0.29, 0.717) is 24.2 Å². The number of hydrogen-bond donors (Lipinski definition) is 2. The number of aromatic nitrogens is 1. The van der Waals surface area contributed by atoms with E-state index in [4.69, 9.17) is 9.47 Å². The Kier molecular flexibility index (Phi) is 4.44. The van der Waals surface area contributed by atoms with Crippen molar-refractivity contribution in [2.75, 3.05) is 19.9 Å². The Balaban J connectivity index is 1.23. The van der Waals surface area contributed by atoms with Gasteiger partial charge >= 0.3 is 0 Å². The molecule has 0 bridgehead atoms. The van der Waals surface area contributed by atoms with E-state index in [-0.39, 0.29) is 24.7 Å². The normalized spacial score (nSPS) is 15.3. The number of aromatic amines is 1. The zero-order valence-corrected chi connectivity index (χ0v) is 15.9. The number of carbonyl (C=O) groups excluding carboxylic acids is 1. The predicted octanol–water partition coefficient (Wildman–Crippen LogP) is 1.93. The summed E-state index contributed by atoms with van der Waals surface area (Å²) in [5.74, 6) is 1.36. The van der Waals surface area contributed by atoms with E-state index in [9.17, 15) is 9.59 Å². The van der Waals surface area contributed by atoms with Gasteiger partial charge in [-0.1, -0.05) is 18.2 Å². The molecule has 2 aliphatic heterocycles. The molecule has 0 radical (unpaired) electrons. The molecule has 3 aromatic rings. The van der Waals surface area contributed by atoms with E-state index in [0.717, 1.165) is 41.1 Å². The molecule has 3 heterocycles. The molecule has 148 valence electrons. The largest absolute Gasteiger partial charge is 0.454 e. The summed E-state index contributed by atoms with van der Waals surface area (Å²) in [4.78, 5) is 30.7. The van der Waals surface area contributed by atoms with Crippen LogP contribution in [0.5, 0.6) is 11.5 Å². The average Bonchev–Trinajstić information content (AvgIpc) is 3.21. The van der Waals surface area contributed by atoms with Crippen LogP contribution in [0.3, 0.4) is 0 Å². The van der Waals surface area contributed by atoms with Gasteiger partial charge in [0.25, 0.3) is 0 Å². The van der Waals surface area contributed by atoms with Gasteiger partial charge in [0.15, 0.2) is 16.9 Å². The molecule has 7 nitrogen and oxygen atoms in total. The summed E-state index contributed by atoms with van der Waals surface area (Å²) in [6.45, 7) is 2.13. The van der Waals surface area contributed by atoms with Crippen LogP contribution in [0.15, 0.2) is 47.3 Å². The van der Waals surface area contributed by atoms with Crippen molar-refractivity contribution in [1.29, 1.82) is 0 Å². The first-order valence-electron chi connectivity index (χ1n) is 9.68. The Morgan fingerprint density at radius 2 is 2.00 bits per heavy atom. The molecule has 0 saturated heterocycles. The summed E-state index contributed by atoms with van der Waals surface area (Å²) in [6.07, 6.45) is 0.727. The van der Waals surface area contributed by atoms with Crippen molar-refractivity contribution in [2.24, 2.45) is 0 Å². The maximum atomic E-state index is 12.8. The Labute approximate surface area is 167 Å². The fourth-order valence-corrected chi connectivity index (χ4v) is 3.93. The number of para-hydroxylation sites is 1. The van der Waals surface area contributed by atoms with E-state index in [1.165, 1.54) is 0 Å². The zero-order valence-electron chi connectivity index (χ0n) is 15.9. The zero-order chi connectivity index (χ0) is 19.8. The highest BCUT2D eigenvalue weighted by Crippen LogP contribution is 2.32. The number of ether oxygens (including phenoxy) is 2. The summed E-state index contributed by atoms with van der Waals surface area (Å²) in [5, 5.41) is 3.64. The Bertz CT molecular complexity index is 1150. The van der Waals surface area contributed by atoms with Crippen molar-refractivity contribution in [3.05, 3.63) is 69.5 Å². The van der Waals surface area contributed by atoms with Gasteiger partial charge in [-0.2, -0.15) is 0 Å². The summed E-state index contributed by atoms with van der Waals surface area (Å²) in [6, 6.07) is 13.2. The first-order chi connectivity index (χ1) is 14.2. The Morgan fingerprint density at radius 1 is 1.14 bits per heavy atom. The molecule has 0 unspecified atom stereocenters. The number of H-pyrrole nitrogens is 1. The molecule has 2 aliphatic rings. The molecule has 0 aliphatic carbocycles. The highest BCUT2D eigenvalue weighted by atomic mass is 16.7. The molecule has 0 spiro atoms. The Hall–Kier alpha value is -3.32. The quantitative estimate of drug-likeness (QED) is 0.710. The summed E-state index contributed by atoms with van der Waals surface area (Å²) < 4.78 is 10.7. The minimum atomic E-state index is -0.0664. The van der Waals surface area contributed by atoms with E-state index >= 15 is 0 Å². The van der Waals surface area contributed by atoms with Crippen molar-refractivity contribution in [2.45, 2.75) is 19.5 Å². The lowest BCUT2D eigenvalue weighted by Crippen LogP contribution is -2.41. The molecular weight excluding hydrogens is 370 g/mol. The first-order valence-corrected chi connectivity index (χ1v) is 9.68. The molecule has 1 amide bonds. The number of rotatable bonds is 4. The van der Waals surface area contributed by atoms with Crippen molar-refractivity contribution in [3.63, 3.8) is 0 Å². The van der Waals surface area contributed by atoms with Gasteiger partial charge in [0, 0.05) is 48.2 Å². The highest BCUT2D eigenvalue weighted by molar-refractivity contribution is 5.80. The molecule has 7 heteroatoms. The van der Waals surface area contributed by atoms with Crippen molar-refractivity contribution in [3.8, 4) is 11.5 Å².